The molecule has 0 aliphatic heterocycles. The van der Waals surface area contributed by atoms with Gasteiger partial charge in [-0.1, -0.05) is 26.0 Å². The molecule has 0 fully saturated rings. The first kappa shape index (κ1) is 19.7. The van der Waals surface area contributed by atoms with Gasteiger partial charge in [-0.15, -0.1) is 12.4 Å². The minimum absolute atomic E-state index is 0. The standard InChI is InChI=1S/C14H19F3N2O.ClH/c1-9(2)13(19-12(20)8-18-3)10-5-4-6-11(7-10)14(15,16)17;/h4-7,9,13,18H,8H2,1-3H3,(H,19,20);1H. The molecule has 0 aromatic heterocycles. The Morgan fingerprint density at radius 3 is 2.38 bits per heavy atom. The molecule has 1 unspecified atom stereocenters. The molecule has 0 saturated carbocycles. The van der Waals surface area contributed by atoms with Crippen LogP contribution in [-0.2, 0) is 11.0 Å². The van der Waals surface area contributed by atoms with Crippen LogP contribution >= 0.6 is 12.4 Å². The third kappa shape index (κ3) is 5.93. The maximum Gasteiger partial charge on any atom is 0.416 e. The van der Waals surface area contributed by atoms with Crippen LogP contribution in [-0.4, -0.2) is 19.5 Å². The molecule has 1 amide bonds. The van der Waals surface area contributed by atoms with Gasteiger partial charge in [0.1, 0.15) is 0 Å². The van der Waals surface area contributed by atoms with Gasteiger partial charge in [-0.05, 0) is 30.7 Å². The van der Waals surface area contributed by atoms with Gasteiger partial charge in [0.15, 0.2) is 0 Å². The number of hydrogen-bond donors (Lipinski definition) is 2. The van der Waals surface area contributed by atoms with Crippen LogP contribution in [0.25, 0.3) is 0 Å². The van der Waals surface area contributed by atoms with Crippen molar-refractivity contribution in [3.8, 4) is 0 Å². The minimum atomic E-state index is -4.38. The van der Waals surface area contributed by atoms with Crippen molar-refractivity contribution in [2.75, 3.05) is 13.6 Å². The predicted octanol–water partition coefficient (Wildman–Crippen LogP) is 3.16. The summed E-state index contributed by atoms with van der Waals surface area (Å²) in [5, 5.41) is 5.45. The summed E-state index contributed by atoms with van der Waals surface area (Å²) in [5.74, 6) is -0.261. The molecular weight excluding hydrogens is 305 g/mol. The van der Waals surface area contributed by atoms with E-state index in [1.165, 1.54) is 6.07 Å². The van der Waals surface area contributed by atoms with E-state index in [4.69, 9.17) is 0 Å². The maximum absolute atomic E-state index is 12.7. The SMILES string of the molecule is CNCC(=O)NC(c1cccc(C(F)(F)F)c1)C(C)C.Cl. The molecule has 2 N–H and O–H groups in total. The highest BCUT2D eigenvalue weighted by Crippen LogP contribution is 2.32. The predicted molar refractivity (Wildman–Crippen MR) is 78.3 cm³/mol. The van der Waals surface area contributed by atoms with Crippen LogP contribution in [0.2, 0.25) is 0 Å². The summed E-state index contributed by atoms with van der Waals surface area (Å²) in [6, 6.07) is 4.62. The lowest BCUT2D eigenvalue weighted by atomic mass is 9.94. The molecule has 0 aliphatic carbocycles. The van der Waals surface area contributed by atoms with Gasteiger partial charge in [0, 0.05) is 0 Å². The molecule has 120 valence electrons. The third-order valence-corrected chi connectivity index (χ3v) is 2.89. The highest BCUT2D eigenvalue weighted by Gasteiger charge is 2.31. The lowest BCUT2D eigenvalue weighted by Crippen LogP contribution is -2.37. The molecule has 7 heteroatoms. The second kappa shape index (κ2) is 8.24. The summed E-state index contributed by atoms with van der Waals surface area (Å²) >= 11 is 0. The van der Waals surface area contributed by atoms with E-state index in [2.05, 4.69) is 10.6 Å². The van der Waals surface area contributed by atoms with E-state index in [1.807, 2.05) is 13.8 Å². The second-order valence-corrected chi connectivity index (χ2v) is 4.94. The summed E-state index contributed by atoms with van der Waals surface area (Å²) in [4.78, 5) is 11.6. The number of likely N-dealkylation sites (N-methyl/N-ethyl adjacent to an activating group) is 1. The van der Waals surface area contributed by atoms with Crippen LogP contribution in [0.15, 0.2) is 24.3 Å². The quantitative estimate of drug-likeness (QED) is 0.873. The Morgan fingerprint density at radius 1 is 1.29 bits per heavy atom. The number of halogens is 4. The van der Waals surface area contributed by atoms with E-state index >= 15 is 0 Å². The number of amides is 1. The van der Waals surface area contributed by atoms with E-state index in [9.17, 15) is 18.0 Å². The molecule has 0 radical (unpaired) electrons. The Balaban J connectivity index is 0.00000400. The normalized spacial score (nSPS) is 12.7. The molecule has 1 rings (SSSR count). The fourth-order valence-electron chi connectivity index (χ4n) is 1.93. The van der Waals surface area contributed by atoms with Crippen molar-refractivity contribution in [2.45, 2.75) is 26.1 Å². The Bertz CT molecular complexity index is 464. The summed E-state index contributed by atoms with van der Waals surface area (Å²) in [7, 11) is 1.63. The van der Waals surface area contributed by atoms with E-state index < -0.39 is 17.8 Å². The molecule has 0 bridgehead atoms. The van der Waals surface area contributed by atoms with Gasteiger partial charge in [-0.2, -0.15) is 13.2 Å². The number of carbonyl (C=O) groups excluding carboxylic acids is 1. The van der Waals surface area contributed by atoms with Crippen molar-refractivity contribution >= 4 is 18.3 Å². The highest BCUT2D eigenvalue weighted by molar-refractivity contribution is 5.85. The fraction of sp³-hybridized carbons (Fsp3) is 0.500. The number of nitrogens with one attached hydrogen (secondary N) is 2. The van der Waals surface area contributed by atoms with Gasteiger partial charge in [0.2, 0.25) is 5.91 Å². The number of benzene rings is 1. The zero-order valence-electron chi connectivity index (χ0n) is 12.1. The van der Waals surface area contributed by atoms with E-state index in [0.717, 1.165) is 12.1 Å². The van der Waals surface area contributed by atoms with Crippen molar-refractivity contribution in [3.63, 3.8) is 0 Å². The highest BCUT2D eigenvalue weighted by atomic mass is 35.5. The minimum Gasteiger partial charge on any atom is -0.348 e. The number of carbonyl (C=O) groups is 1. The largest absolute Gasteiger partial charge is 0.416 e. The van der Waals surface area contributed by atoms with Crippen LogP contribution in [0.1, 0.15) is 31.0 Å². The van der Waals surface area contributed by atoms with Crippen molar-refractivity contribution in [3.05, 3.63) is 35.4 Å². The van der Waals surface area contributed by atoms with Crippen LogP contribution in [0.4, 0.5) is 13.2 Å². The zero-order chi connectivity index (χ0) is 15.3. The van der Waals surface area contributed by atoms with Gasteiger partial charge in [0.25, 0.3) is 0 Å². The average Bonchev–Trinajstić information content (AvgIpc) is 2.35. The van der Waals surface area contributed by atoms with Gasteiger partial charge < -0.3 is 10.6 Å². The summed E-state index contributed by atoms with van der Waals surface area (Å²) in [5.41, 5.74) is -0.247. The maximum atomic E-state index is 12.7. The lowest BCUT2D eigenvalue weighted by molar-refractivity contribution is -0.137. The molecule has 1 aromatic carbocycles. The van der Waals surface area contributed by atoms with Crippen molar-refractivity contribution in [2.24, 2.45) is 5.92 Å². The molecule has 3 nitrogen and oxygen atoms in total. The van der Waals surface area contributed by atoms with Crippen molar-refractivity contribution in [1.82, 2.24) is 10.6 Å². The molecule has 1 aromatic rings. The first-order valence-electron chi connectivity index (χ1n) is 6.36. The molecule has 21 heavy (non-hydrogen) atoms. The van der Waals surface area contributed by atoms with E-state index in [0.29, 0.717) is 5.56 Å². The number of alkyl halides is 3. The molecule has 0 spiro atoms. The van der Waals surface area contributed by atoms with Crippen LogP contribution in [0.3, 0.4) is 0 Å². The fourth-order valence-corrected chi connectivity index (χ4v) is 1.93. The van der Waals surface area contributed by atoms with Crippen molar-refractivity contribution in [1.29, 1.82) is 0 Å². The molecule has 0 heterocycles. The van der Waals surface area contributed by atoms with Gasteiger partial charge in [0.05, 0.1) is 18.2 Å². The van der Waals surface area contributed by atoms with Crippen LogP contribution in [0.5, 0.6) is 0 Å². The Morgan fingerprint density at radius 2 is 1.90 bits per heavy atom. The smallest absolute Gasteiger partial charge is 0.348 e. The number of hydrogen-bond acceptors (Lipinski definition) is 2. The molecule has 1 atom stereocenters. The monoisotopic (exact) mass is 324 g/mol. The summed E-state index contributed by atoms with van der Waals surface area (Å²) in [6.07, 6.45) is -4.38. The topological polar surface area (TPSA) is 41.1 Å². The Labute approximate surface area is 128 Å². The summed E-state index contributed by atoms with van der Waals surface area (Å²) in [6.45, 7) is 3.83. The Hall–Kier alpha value is -1.27. The van der Waals surface area contributed by atoms with E-state index in [1.54, 1.807) is 13.1 Å². The zero-order valence-corrected chi connectivity index (χ0v) is 12.9. The van der Waals surface area contributed by atoms with Gasteiger partial charge in [-0.3, -0.25) is 4.79 Å². The summed E-state index contributed by atoms with van der Waals surface area (Å²) < 4.78 is 38.2. The average molecular weight is 325 g/mol. The Kier molecular flexibility index (Phi) is 7.74. The first-order valence-corrected chi connectivity index (χ1v) is 6.36. The molecule has 0 saturated heterocycles. The van der Waals surface area contributed by atoms with E-state index in [-0.39, 0.29) is 30.8 Å². The van der Waals surface area contributed by atoms with Gasteiger partial charge >= 0.3 is 6.18 Å². The van der Waals surface area contributed by atoms with Crippen LogP contribution < -0.4 is 10.6 Å². The number of rotatable bonds is 5. The molecular formula is C14H20ClF3N2O. The van der Waals surface area contributed by atoms with Crippen LogP contribution in [0, 0.1) is 5.92 Å². The van der Waals surface area contributed by atoms with Crippen molar-refractivity contribution < 1.29 is 18.0 Å². The second-order valence-electron chi connectivity index (χ2n) is 4.94. The molecule has 0 aliphatic rings. The van der Waals surface area contributed by atoms with Gasteiger partial charge in [-0.25, -0.2) is 0 Å². The third-order valence-electron chi connectivity index (χ3n) is 2.89. The first-order chi connectivity index (χ1) is 9.25. The lowest BCUT2D eigenvalue weighted by Gasteiger charge is -2.23.